The summed E-state index contributed by atoms with van der Waals surface area (Å²) >= 11 is 0. The zero-order valence-electron chi connectivity index (χ0n) is 14.3. The van der Waals surface area contributed by atoms with E-state index in [-0.39, 0.29) is 11.7 Å². The van der Waals surface area contributed by atoms with E-state index < -0.39 is 5.41 Å². The lowest BCUT2D eigenvalue weighted by molar-refractivity contribution is -0.121. The molecule has 25 heavy (non-hydrogen) atoms. The van der Waals surface area contributed by atoms with Crippen molar-refractivity contribution in [3.05, 3.63) is 71.0 Å². The first-order valence-electron chi connectivity index (χ1n) is 8.37. The van der Waals surface area contributed by atoms with Crippen molar-refractivity contribution in [2.45, 2.75) is 32.2 Å². The highest BCUT2D eigenvalue weighted by atomic mass is 16.3. The number of hydrogen-bond acceptors (Lipinski definition) is 3. The molecule has 0 atom stereocenters. The van der Waals surface area contributed by atoms with Crippen molar-refractivity contribution in [2.75, 3.05) is 0 Å². The zero-order valence-corrected chi connectivity index (χ0v) is 14.3. The van der Waals surface area contributed by atoms with Crippen LogP contribution in [0.2, 0.25) is 0 Å². The SMILES string of the molecule is CC1(C)C(=O)Cc2cc(C(=O)NCc3cc4ccccc4o3)ccc21. The third-order valence-corrected chi connectivity index (χ3v) is 4.99. The van der Waals surface area contributed by atoms with Crippen molar-refractivity contribution in [2.24, 2.45) is 0 Å². The van der Waals surface area contributed by atoms with E-state index in [1.54, 1.807) is 6.07 Å². The molecular weight excluding hydrogens is 314 g/mol. The van der Waals surface area contributed by atoms with Gasteiger partial charge in [0.2, 0.25) is 0 Å². The molecule has 0 saturated heterocycles. The largest absolute Gasteiger partial charge is 0.459 e. The average Bonchev–Trinajstić information content (AvgIpc) is 3.11. The van der Waals surface area contributed by atoms with Gasteiger partial charge in [-0.15, -0.1) is 0 Å². The lowest BCUT2D eigenvalue weighted by atomic mass is 9.85. The maximum Gasteiger partial charge on any atom is 0.251 e. The Hall–Kier alpha value is -2.88. The van der Waals surface area contributed by atoms with Crippen LogP contribution < -0.4 is 5.32 Å². The monoisotopic (exact) mass is 333 g/mol. The second kappa shape index (κ2) is 5.59. The van der Waals surface area contributed by atoms with E-state index in [4.69, 9.17) is 4.42 Å². The Balaban J connectivity index is 1.50. The molecule has 4 nitrogen and oxygen atoms in total. The van der Waals surface area contributed by atoms with Crippen LogP contribution in [-0.2, 0) is 23.2 Å². The van der Waals surface area contributed by atoms with Gasteiger partial charge in [-0.05, 0) is 49.2 Å². The summed E-state index contributed by atoms with van der Waals surface area (Å²) in [5.74, 6) is 0.745. The predicted molar refractivity (Wildman–Crippen MR) is 95.6 cm³/mol. The van der Waals surface area contributed by atoms with Gasteiger partial charge in [-0.25, -0.2) is 0 Å². The van der Waals surface area contributed by atoms with Crippen LogP contribution >= 0.6 is 0 Å². The number of fused-ring (bicyclic) bond motifs is 2. The van der Waals surface area contributed by atoms with Crippen molar-refractivity contribution >= 4 is 22.7 Å². The Morgan fingerprint density at radius 3 is 2.76 bits per heavy atom. The fourth-order valence-corrected chi connectivity index (χ4v) is 3.43. The van der Waals surface area contributed by atoms with E-state index in [1.165, 1.54) is 0 Å². The average molecular weight is 333 g/mol. The van der Waals surface area contributed by atoms with Gasteiger partial charge in [0.25, 0.3) is 5.91 Å². The summed E-state index contributed by atoms with van der Waals surface area (Å²) in [5, 5.41) is 3.90. The third kappa shape index (κ3) is 2.64. The smallest absolute Gasteiger partial charge is 0.251 e. The first kappa shape index (κ1) is 15.6. The Labute approximate surface area is 145 Å². The maximum absolute atomic E-state index is 12.4. The molecule has 1 aliphatic rings. The number of ketones is 1. The summed E-state index contributed by atoms with van der Waals surface area (Å²) in [7, 11) is 0. The van der Waals surface area contributed by atoms with E-state index in [2.05, 4.69) is 5.32 Å². The second-order valence-corrected chi connectivity index (χ2v) is 7.03. The van der Waals surface area contributed by atoms with Crippen molar-refractivity contribution < 1.29 is 14.0 Å². The number of Topliss-reactive ketones (excluding diaryl/α,β-unsaturated/α-hetero) is 1. The van der Waals surface area contributed by atoms with Gasteiger partial charge in [-0.3, -0.25) is 9.59 Å². The van der Waals surface area contributed by atoms with Crippen LogP contribution in [0.4, 0.5) is 0 Å². The van der Waals surface area contributed by atoms with E-state index in [0.29, 0.717) is 24.3 Å². The predicted octanol–water partition coefficient (Wildman–Crippen LogP) is 3.77. The highest BCUT2D eigenvalue weighted by Crippen LogP contribution is 2.35. The number of carbonyl (C=O) groups is 2. The van der Waals surface area contributed by atoms with Crippen LogP contribution in [0, 0.1) is 0 Å². The molecule has 4 heteroatoms. The molecule has 0 unspecified atom stereocenters. The highest BCUT2D eigenvalue weighted by molar-refractivity contribution is 5.99. The molecule has 1 aromatic heterocycles. The number of nitrogens with one attached hydrogen (secondary N) is 1. The first-order valence-corrected chi connectivity index (χ1v) is 8.37. The van der Waals surface area contributed by atoms with Crippen molar-refractivity contribution in [1.29, 1.82) is 0 Å². The number of benzene rings is 2. The Kier molecular flexibility index (Phi) is 3.49. The van der Waals surface area contributed by atoms with Gasteiger partial charge in [0.15, 0.2) is 0 Å². The van der Waals surface area contributed by atoms with Gasteiger partial charge in [0.05, 0.1) is 6.54 Å². The molecule has 126 valence electrons. The number of amides is 1. The van der Waals surface area contributed by atoms with Crippen LogP contribution in [0.15, 0.2) is 52.9 Å². The molecule has 0 saturated carbocycles. The van der Waals surface area contributed by atoms with E-state index in [0.717, 1.165) is 22.1 Å². The Bertz CT molecular complexity index is 964. The number of rotatable bonds is 3. The van der Waals surface area contributed by atoms with E-state index >= 15 is 0 Å². The minimum atomic E-state index is -0.460. The lowest BCUT2D eigenvalue weighted by Gasteiger charge is -2.17. The number of carbonyl (C=O) groups excluding carboxylic acids is 2. The van der Waals surface area contributed by atoms with E-state index in [9.17, 15) is 9.59 Å². The second-order valence-electron chi connectivity index (χ2n) is 7.03. The molecule has 2 aromatic carbocycles. The van der Waals surface area contributed by atoms with Gasteiger partial charge in [-0.1, -0.05) is 24.3 Å². The van der Waals surface area contributed by atoms with Gasteiger partial charge in [-0.2, -0.15) is 0 Å². The molecule has 1 N–H and O–H groups in total. The Morgan fingerprint density at radius 2 is 1.96 bits per heavy atom. The minimum Gasteiger partial charge on any atom is -0.459 e. The van der Waals surface area contributed by atoms with Crippen molar-refractivity contribution in [3.63, 3.8) is 0 Å². The normalized spacial score (nSPS) is 15.4. The minimum absolute atomic E-state index is 0.166. The molecular formula is C21H19NO3. The topological polar surface area (TPSA) is 59.3 Å². The number of hydrogen-bond donors (Lipinski definition) is 1. The van der Waals surface area contributed by atoms with Crippen molar-refractivity contribution in [1.82, 2.24) is 5.32 Å². The van der Waals surface area contributed by atoms with Gasteiger partial charge >= 0.3 is 0 Å². The number of furan rings is 1. The number of para-hydroxylation sites is 1. The highest BCUT2D eigenvalue weighted by Gasteiger charge is 2.38. The van der Waals surface area contributed by atoms with Crippen LogP contribution in [-0.4, -0.2) is 11.7 Å². The molecule has 0 bridgehead atoms. The standard InChI is InChI=1S/C21H19NO3/c1-21(2)17-8-7-14(9-15(17)11-19(21)23)20(24)22-12-16-10-13-5-3-4-6-18(13)25-16/h3-10H,11-12H2,1-2H3,(H,22,24). The maximum atomic E-state index is 12.4. The zero-order chi connectivity index (χ0) is 17.6. The molecule has 1 heterocycles. The molecule has 0 aliphatic heterocycles. The molecule has 0 fully saturated rings. The van der Waals surface area contributed by atoms with Crippen LogP contribution in [0.3, 0.4) is 0 Å². The van der Waals surface area contributed by atoms with Crippen LogP contribution in [0.1, 0.15) is 41.1 Å². The molecule has 1 amide bonds. The summed E-state index contributed by atoms with van der Waals surface area (Å²) in [4.78, 5) is 24.6. The van der Waals surface area contributed by atoms with Crippen LogP contribution in [0.5, 0.6) is 0 Å². The van der Waals surface area contributed by atoms with Gasteiger partial charge in [0, 0.05) is 22.8 Å². The Morgan fingerprint density at radius 1 is 1.16 bits per heavy atom. The van der Waals surface area contributed by atoms with Gasteiger partial charge < -0.3 is 9.73 Å². The first-order chi connectivity index (χ1) is 11.9. The molecule has 1 aliphatic carbocycles. The summed E-state index contributed by atoms with van der Waals surface area (Å²) in [6.45, 7) is 4.19. The molecule has 3 aromatic rings. The molecule has 0 radical (unpaired) electrons. The fourth-order valence-electron chi connectivity index (χ4n) is 3.43. The van der Waals surface area contributed by atoms with E-state index in [1.807, 2.05) is 56.3 Å². The molecule has 4 rings (SSSR count). The van der Waals surface area contributed by atoms with Crippen LogP contribution in [0.25, 0.3) is 11.0 Å². The quantitative estimate of drug-likeness (QED) is 0.794. The third-order valence-electron chi connectivity index (χ3n) is 4.99. The summed E-state index contributed by atoms with van der Waals surface area (Å²) in [6, 6.07) is 15.2. The molecule has 0 spiro atoms. The lowest BCUT2D eigenvalue weighted by Crippen LogP contribution is -2.24. The summed E-state index contributed by atoms with van der Waals surface area (Å²) in [5.41, 5.74) is 2.89. The van der Waals surface area contributed by atoms with Gasteiger partial charge in [0.1, 0.15) is 17.1 Å². The summed E-state index contributed by atoms with van der Waals surface area (Å²) in [6.07, 6.45) is 0.396. The fraction of sp³-hybridized carbons (Fsp3) is 0.238. The van der Waals surface area contributed by atoms with Crippen molar-refractivity contribution in [3.8, 4) is 0 Å². The summed E-state index contributed by atoms with van der Waals surface area (Å²) < 4.78 is 5.71.